The van der Waals surface area contributed by atoms with Crippen LogP contribution in [0.5, 0.6) is 5.75 Å². The molecule has 1 saturated carbocycles. The van der Waals surface area contributed by atoms with E-state index in [1.54, 1.807) is 6.92 Å². The van der Waals surface area contributed by atoms with Gasteiger partial charge in [-0.2, -0.15) is 4.98 Å². The van der Waals surface area contributed by atoms with Crippen LogP contribution in [-0.4, -0.2) is 35.8 Å². The predicted molar refractivity (Wildman–Crippen MR) is 162 cm³/mol. The maximum atomic E-state index is 12.3. The summed E-state index contributed by atoms with van der Waals surface area (Å²) in [4.78, 5) is 26.4. The molecule has 1 aliphatic carbocycles. The number of nitrogens with zero attached hydrogens (tertiary/aromatic N) is 5. The minimum absolute atomic E-state index is 0.161. The summed E-state index contributed by atoms with van der Waals surface area (Å²) >= 11 is 0. The summed E-state index contributed by atoms with van der Waals surface area (Å²) in [5.41, 5.74) is 5.44. The predicted octanol–water partition coefficient (Wildman–Crippen LogP) is 6.93. The first-order chi connectivity index (χ1) is 21.0. The van der Waals surface area contributed by atoms with E-state index in [1.807, 2.05) is 72.8 Å². The van der Waals surface area contributed by atoms with E-state index in [9.17, 15) is 9.90 Å². The Hall–Kier alpha value is -5.05. The Morgan fingerprint density at radius 3 is 2.60 bits per heavy atom. The first kappa shape index (κ1) is 26.8. The lowest BCUT2D eigenvalue weighted by molar-refractivity contribution is -0.143. The lowest BCUT2D eigenvalue weighted by Crippen LogP contribution is -2.27. The van der Waals surface area contributed by atoms with Crippen LogP contribution in [0.15, 0.2) is 83.4 Å². The quantitative estimate of drug-likeness (QED) is 0.208. The normalized spacial score (nSPS) is 17.0. The third kappa shape index (κ3) is 5.46. The van der Waals surface area contributed by atoms with Gasteiger partial charge in [-0.3, -0.25) is 4.79 Å². The van der Waals surface area contributed by atoms with Crippen LogP contribution in [-0.2, 0) is 17.9 Å². The second kappa shape index (κ2) is 11.3. The van der Waals surface area contributed by atoms with Crippen LogP contribution >= 0.6 is 0 Å². The lowest BCUT2D eigenvalue weighted by Gasteiger charge is -2.28. The van der Waals surface area contributed by atoms with Crippen LogP contribution in [0.1, 0.15) is 54.6 Å². The zero-order valence-electron chi connectivity index (χ0n) is 23.8. The monoisotopic (exact) mass is 573 g/mol. The molecule has 1 fully saturated rings. The molecular weight excluding hydrogens is 542 g/mol. The second-order valence-electron chi connectivity index (χ2n) is 11.2. The number of ether oxygens (including phenoxy) is 1. The van der Waals surface area contributed by atoms with E-state index in [4.69, 9.17) is 19.2 Å². The minimum atomic E-state index is -0.755. The zero-order valence-corrected chi connectivity index (χ0v) is 23.8. The van der Waals surface area contributed by atoms with Crippen molar-refractivity contribution in [1.29, 1.82) is 0 Å². The molecule has 0 radical (unpaired) electrons. The Morgan fingerprint density at radius 2 is 1.79 bits per heavy atom. The number of aryl methyl sites for hydroxylation is 1. The summed E-state index contributed by atoms with van der Waals surface area (Å²) in [6.45, 7) is 2.66. The number of para-hydroxylation sites is 1. The number of aromatic nitrogens is 5. The van der Waals surface area contributed by atoms with E-state index in [1.165, 1.54) is 0 Å². The summed E-state index contributed by atoms with van der Waals surface area (Å²) in [5.74, 6) is 1.20. The van der Waals surface area contributed by atoms with Gasteiger partial charge in [0.1, 0.15) is 18.2 Å². The lowest BCUT2D eigenvalue weighted by atomic mass is 9.78. The maximum absolute atomic E-state index is 12.3. The highest BCUT2D eigenvalue weighted by atomic mass is 16.5. The Bertz CT molecular complexity index is 1930. The van der Waals surface area contributed by atoms with Gasteiger partial charge in [-0.05, 0) is 42.7 Å². The number of hydrogen-bond donors (Lipinski definition) is 1. The molecule has 9 heteroatoms. The molecule has 1 unspecified atom stereocenters. The molecule has 43 heavy (non-hydrogen) atoms. The minimum Gasteiger partial charge on any atom is -0.487 e. The summed E-state index contributed by atoms with van der Waals surface area (Å²) in [5, 5.41) is 15.2. The summed E-state index contributed by atoms with van der Waals surface area (Å²) in [6, 6.07) is 26.0. The van der Waals surface area contributed by atoms with Crippen molar-refractivity contribution >= 4 is 27.9 Å². The fraction of sp³-hybridized carbons (Fsp3) is 0.265. The van der Waals surface area contributed by atoms with Crippen LogP contribution in [0.25, 0.3) is 33.3 Å². The Labute approximate surface area is 248 Å². The molecule has 0 saturated heterocycles. The van der Waals surface area contributed by atoms with Gasteiger partial charge in [0, 0.05) is 36.4 Å². The Balaban J connectivity index is 1.20. The fourth-order valence-corrected chi connectivity index (χ4v) is 6.11. The van der Waals surface area contributed by atoms with Gasteiger partial charge in [-0.25, -0.2) is 9.97 Å². The first-order valence-electron chi connectivity index (χ1n) is 14.6. The molecule has 0 aliphatic heterocycles. The molecule has 3 aromatic heterocycles. The molecule has 1 aliphatic rings. The third-order valence-corrected chi connectivity index (χ3v) is 8.29. The Morgan fingerprint density at radius 1 is 0.953 bits per heavy atom. The third-order valence-electron chi connectivity index (χ3n) is 8.29. The van der Waals surface area contributed by atoms with Crippen molar-refractivity contribution in [3.05, 3.63) is 102 Å². The van der Waals surface area contributed by atoms with Crippen molar-refractivity contribution in [1.82, 2.24) is 24.7 Å². The molecule has 6 aromatic rings. The van der Waals surface area contributed by atoms with Gasteiger partial charge in [0.05, 0.1) is 28.2 Å². The van der Waals surface area contributed by atoms with Crippen LogP contribution in [0.3, 0.4) is 0 Å². The topological polar surface area (TPSA) is 116 Å². The van der Waals surface area contributed by atoms with Gasteiger partial charge in [0.25, 0.3) is 0 Å². The molecule has 3 heterocycles. The van der Waals surface area contributed by atoms with Crippen LogP contribution < -0.4 is 4.74 Å². The number of rotatable bonds is 8. The van der Waals surface area contributed by atoms with E-state index in [2.05, 4.69) is 20.8 Å². The van der Waals surface area contributed by atoms with Gasteiger partial charge < -0.3 is 18.9 Å². The van der Waals surface area contributed by atoms with Crippen LogP contribution in [0.4, 0.5) is 0 Å². The van der Waals surface area contributed by atoms with E-state index in [0.29, 0.717) is 37.0 Å². The van der Waals surface area contributed by atoms with Gasteiger partial charge >= 0.3 is 5.97 Å². The largest absolute Gasteiger partial charge is 0.487 e. The van der Waals surface area contributed by atoms with Crippen molar-refractivity contribution in [2.75, 3.05) is 0 Å². The number of imidazole rings is 1. The average Bonchev–Trinajstić information content (AvgIpc) is 3.63. The van der Waals surface area contributed by atoms with E-state index >= 15 is 0 Å². The van der Waals surface area contributed by atoms with E-state index in [-0.39, 0.29) is 5.92 Å². The van der Waals surface area contributed by atoms with Crippen LogP contribution in [0, 0.1) is 12.8 Å². The number of carbonyl (C=O) groups is 1. The summed E-state index contributed by atoms with van der Waals surface area (Å²) in [7, 11) is 0. The standard InChI is InChI=1S/C34H31N5O4/c1-21-35-32(38-43-21)24-12-10-22(11-13-24)19-39-31-17-16-26(42-20-25-15-14-23-6-2-5-9-29(23)36-25)18-30(31)37-33(39)27-7-3-4-8-28(27)34(40)41/h2,5-6,9-18,27-28H,3-4,7-8,19-20H2,1H3,(H,40,41)/t27-,28?/m1/s1. The van der Waals surface area contributed by atoms with Gasteiger partial charge in [-0.1, -0.05) is 66.5 Å². The number of benzene rings is 3. The van der Waals surface area contributed by atoms with E-state index < -0.39 is 11.9 Å². The number of fused-ring (bicyclic) bond motifs is 2. The van der Waals surface area contributed by atoms with Crippen molar-refractivity contribution in [2.24, 2.45) is 5.92 Å². The molecule has 2 atom stereocenters. The zero-order chi connectivity index (χ0) is 29.3. The highest BCUT2D eigenvalue weighted by molar-refractivity contribution is 5.79. The van der Waals surface area contributed by atoms with Gasteiger partial charge in [0.15, 0.2) is 0 Å². The molecule has 1 N–H and O–H groups in total. The van der Waals surface area contributed by atoms with Crippen molar-refractivity contribution in [3.63, 3.8) is 0 Å². The molecule has 0 amide bonds. The molecule has 0 spiro atoms. The number of carboxylic acids is 1. The highest BCUT2D eigenvalue weighted by Gasteiger charge is 2.35. The van der Waals surface area contributed by atoms with Gasteiger partial charge in [-0.15, -0.1) is 0 Å². The maximum Gasteiger partial charge on any atom is 0.307 e. The summed E-state index contributed by atoms with van der Waals surface area (Å²) in [6.07, 6.45) is 3.37. The van der Waals surface area contributed by atoms with Gasteiger partial charge in [0.2, 0.25) is 11.7 Å². The molecule has 7 rings (SSSR count). The second-order valence-corrected chi connectivity index (χ2v) is 11.2. The number of pyridine rings is 1. The number of carboxylic acid groups (broad SMARTS) is 1. The van der Waals surface area contributed by atoms with E-state index in [0.717, 1.165) is 63.8 Å². The average molecular weight is 574 g/mol. The molecule has 0 bridgehead atoms. The SMILES string of the molecule is Cc1nc(-c2ccc(Cn3c([C@@H]4CCCCC4C(=O)O)nc4cc(OCc5ccc6ccccc6n5)ccc43)cc2)no1. The molecule has 3 aromatic carbocycles. The first-order valence-corrected chi connectivity index (χ1v) is 14.6. The molecular formula is C34H31N5O4. The number of hydrogen-bond acceptors (Lipinski definition) is 7. The van der Waals surface area contributed by atoms with Crippen LogP contribution in [0.2, 0.25) is 0 Å². The highest BCUT2D eigenvalue weighted by Crippen LogP contribution is 2.39. The Kier molecular flexibility index (Phi) is 7.06. The number of aliphatic carboxylic acids is 1. The fourth-order valence-electron chi connectivity index (χ4n) is 6.11. The molecule has 9 nitrogen and oxygen atoms in total. The summed E-state index contributed by atoms with van der Waals surface area (Å²) < 4.78 is 13.5. The molecule has 216 valence electrons. The smallest absolute Gasteiger partial charge is 0.307 e. The van der Waals surface area contributed by atoms with Crippen molar-refractivity contribution < 1.29 is 19.2 Å². The van der Waals surface area contributed by atoms with Crippen molar-refractivity contribution in [2.45, 2.75) is 51.7 Å². The van der Waals surface area contributed by atoms with Crippen molar-refractivity contribution in [3.8, 4) is 17.1 Å².